The normalized spacial score (nSPS) is 23.8. The molecule has 1 aliphatic carbocycles. The first-order chi connectivity index (χ1) is 5.70. The highest BCUT2D eigenvalue weighted by molar-refractivity contribution is 8.05. The van der Waals surface area contributed by atoms with Gasteiger partial charge in [0.15, 0.2) is 0 Å². The number of hydrogen-bond acceptors (Lipinski definition) is 3. The van der Waals surface area contributed by atoms with E-state index in [1.807, 2.05) is 11.8 Å². The Labute approximate surface area is 78.6 Å². The second kappa shape index (κ2) is 2.87. The molecule has 1 heterocycles. The van der Waals surface area contributed by atoms with Gasteiger partial charge in [-0.2, -0.15) is 0 Å². The standard InChI is InChI=1S/C9H15N2S/c1-7-9(10(2)3)11(6-12-7)8-4-5-8/h6,8H,4-5H2,1-3H3. The molecule has 0 bridgehead atoms. The zero-order valence-corrected chi connectivity index (χ0v) is 8.69. The van der Waals surface area contributed by atoms with Gasteiger partial charge in [0.05, 0.1) is 0 Å². The lowest BCUT2D eigenvalue weighted by Gasteiger charge is -2.26. The summed E-state index contributed by atoms with van der Waals surface area (Å²) in [6.45, 7) is 2.19. The molecule has 67 valence electrons. The van der Waals surface area contributed by atoms with E-state index in [0.717, 1.165) is 6.04 Å². The molecule has 0 N–H and O–H groups in total. The minimum atomic E-state index is 0.798. The largest absolute Gasteiger partial charge is 0.364 e. The molecule has 1 fully saturated rings. The molecule has 0 atom stereocenters. The van der Waals surface area contributed by atoms with Gasteiger partial charge in [-0.05, 0) is 19.8 Å². The molecule has 2 rings (SSSR count). The van der Waals surface area contributed by atoms with Gasteiger partial charge in [-0.3, -0.25) is 0 Å². The van der Waals surface area contributed by atoms with Gasteiger partial charge in [0.25, 0.3) is 0 Å². The van der Waals surface area contributed by atoms with Crippen LogP contribution in [0.2, 0.25) is 0 Å². The maximum Gasteiger partial charge on any atom is 0.114 e. The minimum absolute atomic E-state index is 0.798. The molecule has 2 nitrogen and oxygen atoms in total. The molecular formula is C9H15N2S. The Morgan fingerprint density at radius 3 is 2.67 bits per heavy atom. The Morgan fingerprint density at radius 2 is 2.17 bits per heavy atom. The predicted molar refractivity (Wildman–Crippen MR) is 53.1 cm³/mol. The van der Waals surface area contributed by atoms with E-state index in [0.29, 0.717) is 0 Å². The summed E-state index contributed by atoms with van der Waals surface area (Å²) in [6.07, 6.45) is 2.73. The van der Waals surface area contributed by atoms with Crippen LogP contribution < -0.4 is 0 Å². The van der Waals surface area contributed by atoms with Crippen molar-refractivity contribution in [2.24, 2.45) is 0 Å². The van der Waals surface area contributed by atoms with Gasteiger partial charge < -0.3 is 9.80 Å². The molecule has 0 aromatic heterocycles. The summed E-state index contributed by atoms with van der Waals surface area (Å²) in [6, 6.07) is 0.798. The van der Waals surface area contributed by atoms with Crippen molar-refractivity contribution in [1.82, 2.24) is 9.80 Å². The molecule has 0 saturated heterocycles. The summed E-state index contributed by atoms with van der Waals surface area (Å²) in [4.78, 5) is 6.05. The van der Waals surface area contributed by atoms with Gasteiger partial charge in [-0.25, -0.2) is 0 Å². The molecule has 1 radical (unpaired) electrons. The van der Waals surface area contributed by atoms with Crippen LogP contribution in [0.5, 0.6) is 0 Å². The zero-order valence-electron chi connectivity index (χ0n) is 7.87. The zero-order chi connectivity index (χ0) is 8.72. The summed E-state index contributed by atoms with van der Waals surface area (Å²) in [7, 11) is 4.24. The molecule has 0 amide bonds. The smallest absolute Gasteiger partial charge is 0.114 e. The van der Waals surface area contributed by atoms with Crippen molar-refractivity contribution in [3.63, 3.8) is 0 Å². The van der Waals surface area contributed by atoms with Crippen molar-refractivity contribution in [3.8, 4) is 0 Å². The lowest BCUT2D eigenvalue weighted by Crippen LogP contribution is -2.27. The van der Waals surface area contributed by atoms with Gasteiger partial charge in [0.1, 0.15) is 11.7 Å². The first kappa shape index (κ1) is 8.30. The maximum absolute atomic E-state index is 2.42. The van der Waals surface area contributed by atoms with E-state index >= 15 is 0 Å². The van der Waals surface area contributed by atoms with Crippen LogP contribution in [-0.2, 0) is 0 Å². The molecule has 0 unspecified atom stereocenters. The quantitative estimate of drug-likeness (QED) is 0.647. The van der Waals surface area contributed by atoms with Gasteiger partial charge in [0.2, 0.25) is 0 Å². The second-order valence-electron chi connectivity index (χ2n) is 3.64. The van der Waals surface area contributed by atoms with E-state index in [9.17, 15) is 0 Å². The van der Waals surface area contributed by atoms with Crippen molar-refractivity contribution in [2.45, 2.75) is 25.8 Å². The Morgan fingerprint density at radius 1 is 1.50 bits per heavy atom. The highest BCUT2D eigenvalue weighted by atomic mass is 32.2. The van der Waals surface area contributed by atoms with Crippen LogP contribution in [-0.4, -0.2) is 29.9 Å². The molecule has 0 aromatic carbocycles. The van der Waals surface area contributed by atoms with Crippen molar-refractivity contribution in [2.75, 3.05) is 14.1 Å². The number of thioether (sulfide) groups is 1. The summed E-state index contributed by atoms with van der Waals surface area (Å²) in [5.41, 5.74) is 0. The van der Waals surface area contributed by atoms with E-state index in [1.165, 1.54) is 23.6 Å². The fourth-order valence-electron chi connectivity index (χ4n) is 1.58. The molecule has 3 heteroatoms. The topological polar surface area (TPSA) is 6.48 Å². The van der Waals surface area contributed by atoms with E-state index in [4.69, 9.17) is 0 Å². The van der Waals surface area contributed by atoms with Crippen LogP contribution in [0.4, 0.5) is 0 Å². The van der Waals surface area contributed by atoms with Crippen molar-refractivity contribution in [1.29, 1.82) is 0 Å². The van der Waals surface area contributed by atoms with Crippen LogP contribution in [0, 0.1) is 5.88 Å². The third-order valence-corrected chi connectivity index (χ3v) is 3.14. The van der Waals surface area contributed by atoms with Crippen LogP contribution in [0.15, 0.2) is 10.7 Å². The summed E-state index contributed by atoms with van der Waals surface area (Å²) < 4.78 is 0. The third-order valence-electron chi connectivity index (χ3n) is 2.27. The number of rotatable bonds is 2. The SMILES string of the molecule is CC1=C(N(C)C)N(C2CC2)[CH]S1. The van der Waals surface area contributed by atoms with E-state index in [1.54, 1.807) is 0 Å². The minimum Gasteiger partial charge on any atom is -0.364 e. The highest BCUT2D eigenvalue weighted by Crippen LogP contribution is 2.43. The number of allylic oxidation sites excluding steroid dienone is 1. The summed E-state index contributed by atoms with van der Waals surface area (Å²) >= 11 is 1.85. The maximum atomic E-state index is 2.42. The van der Waals surface area contributed by atoms with Crippen molar-refractivity contribution < 1.29 is 0 Å². The molecule has 12 heavy (non-hydrogen) atoms. The Bertz CT molecular complexity index is 219. The lowest BCUT2D eigenvalue weighted by molar-refractivity contribution is 0.313. The average molecular weight is 183 g/mol. The van der Waals surface area contributed by atoms with Gasteiger partial charge in [-0.15, -0.1) is 0 Å². The fraction of sp³-hybridized carbons (Fsp3) is 0.667. The van der Waals surface area contributed by atoms with Crippen LogP contribution in [0.25, 0.3) is 0 Å². The number of nitrogens with zero attached hydrogens (tertiary/aromatic N) is 2. The van der Waals surface area contributed by atoms with E-state index in [2.05, 4.69) is 36.7 Å². The highest BCUT2D eigenvalue weighted by Gasteiger charge is 2.35. The van der Waals surface area contributed by atoms with Crippen molar-refractivity contribution >= 4 is 11.8 Å². The number of hydrogen-bond donors (Lipinski definition) is 0. The van der Waals surface area contributed by atoms with Crippen LogP contribution >= 0.6 is 11.8 Å². The van der Waals surface area contributed by atoms with Crippen LogP contribution in [0.1, 0.15) is 19.8 Å². The molecule has 0 spiro atoms. The second-order valence-corrected chi connectivity index (χ2v) is 4.69. The first-order valence-electron chi connectivity index (χ1n) is 4.36. The molecule has 2 aliphatic rings. The molecule has 0 aromatic rings. The first-order valence-corrected chi connectivity index (χ1v) is 5.24. The molecule has 1 saturated carbocycles. The monoisotopic (exact) mass is 183 g/mol. The lowest BCUT2D eigenvalue weighted by atomic mass is 10.4. The Kier molecular flexibility index (Phi) is 1.99. The summed E-state index contributed by atoms with van der Waals surface area (Å²) in [5.74, 6) is 3.64. The van der Waals surface area contributed by atoms with Gasteiger partial charge >= 0.3 is 0 Å². The Hall–Kier alpha value is -0.310. The third kappa shape index (κ3) is 1.30. The van der Waals surface area contributed by atoms with Crippen molar-refractivity contribution in [3.05, 3.63) is 16.6 Å². The van der Waals surface area contributed by atoms with E-state index in [-0.39, 0.29) is 0 Å². The average Bonchev–Trinajstić information content (AvgIpc) is 2.75. The summed E-state index contributed by atoms with van der Waals surface area (Å²) in [5, 5.41) is 0. The fourth-order valence-corrected chi connectivity index (χ4v) is 2.51. The molecular weight excluding hydrogens is 168 g/mol. The predicted octanol–water partition coefficient (Wildman–Crippen LogP) is 2.07. The van der Waals surface area contributed by atoms with E-state index < -0.39 is 0 Å². The van der Waals surface area contributed by atoms with Crippen LogP contribution in [0.3, 0.4) is 0 Å². The molecule has 1 aliphatic heterocycles. The van der Waals surface area contributed by atoms with Gasteiger partial charge in [-0.1, -0.05) is 11.8 Å². The Balaban J connectivity index is 2.16. The van der Waals surface area contributed by atoms with Gasteiger partial charge in [0, 0.05) is 25.0 Å².